The zero-order valence-electron chi connectivity index (χ0n) is 18.0. The van der Waals surface area contributed by atoms with Crippen molar-refractivity contribution in [3.05, 3.63) is 68.8 Å². The maximum absolute atomic E-state index is 14.2. The molecule has 4 rings (SSSR count). The highest BCUT2D eigenvalue weighted by Crippen LogP contribution is 3.02. The topological polar surface area (TPSA) is 90.9 Å². The molecule has 1 aliphatic rings. The molecule has 1 heterocycles. The molecule has 0 spiro atoms. The predicted molar refractivity (Wildman–Crippen MR) is 122 cm³/mol. The van der Waals surface area contributed by atoms with Crippen LogP contribution in [0.4, 0.5) is 34.0 Å². The molecule has 1 fully saturated rings. The summed E-state index contributed by atoms with van der Waals surface area (Å²) in [6.07, 6.45) is 0.0755. The number of carbonyl (C=O) groups is 1. The minimum Gasteiger partial charge on any atom is -0.481 e. The van der Waals surface area contributed by atoms with Crippen molar-refractivity contribution in [2.24, 2.45) is 0 Å². The first kappa shape index (κ1) is 26.9. The van der Waals surface area contributed by atoms with E-state index in [4.69, 9.17) is 23.2 Å². The SMILES string of the molecule is N#Cc1nn(-c2c(Cl)cc(S(F)(F)(F)(F)F)cc2Cl)c(NCc2c(F)cccc2F)c1C1(C(=O)O)CC1. The summed E-state index contributed by atoms with van der Waals surface area (Å²) >= 11 is 11.9. The second kappa shape index (κ2) is 7.92. The second-order valence-electron chi connectivity index (χ2n) is 8.24. The lowest BCUT2D eigenvalue weighted by atomic mass is 9.95. The van der Waals surface area contributed by atoms with E-state index in [9.17, 15) is 43.4 Å². The number of hydrogen-bond donors (Lipinski definition) is 2. The Bertz CT molecular complexity index is 1470. The molecular formula is C21H13Cl2F7N4O2S. The van der Waals surface area contributed by atoms with E-state index in [1.807, 2.05) is 0 Å². The van der Waals surface area contributed by atoms with Gasteiger partial charge in [0, 0.05) is 12.1 Å². The van der Waals surface area contributed by atoms with Crippen LogP contribution in [0.25, 0.3) is 5.69 Å². The number of halogens is 9. The Kier molecular flexibility index (Phi) is 5.76. The highest BCUT2D eigenvalue weighted by atomic mass is 35.5. The fourth-order valence-corrected chi connectivity index (χ4v) is 5.27. The minimum atomic E-state index is -10.2. The highest BCUT2D eigenvalue weighted by Gasteiger charge is 2.65. The Morgan fingerprint density at radius 1 is 1.14 bits per heavy atom. The molecule has 0 amide bonds. The van der Waals surface area contributed by atoms with Crippen molar-refractivity contribution in [1.29, 1.82) is 5.26 Å². The van der Waals surface area contributed by atoms with Gasteiger partial charge in [-0.15, -0.1) is 0 Å². The Morgan fingerprint density at radius 2 is 1.68 bits per heavy atom. The van der Waals surface area contributed by atoms with E-state index < -0.39 is 71.7 Å². The molecule has 1 aromatic heterocycles. The largest absolute Gasteiger partial charge is 0.481 e. The van der Waals surface area contributed by atoms with Crippen molar-refractivity contribution in [3.8, 4) is 11.8 Å². The Morgan fingerprint density at radius 3 is 2.11 bits per heavy atom. The van der Waals surface area contributed by atoms with Crippen LogP contribution in [0, 0.1) is 23.0 Å². The lowest BCUT2D eigenvalue weighted by Crippen LogP contribution is -2.22. The summed E-state index contributed by atoms with van der Waals surface area (Å²) in [5.41, 5.74) is -3.48. The van der Waals surface area contributed by atoms with Crippen molar-refractivity contribution < 1.29 is 38.1 Å². The van der Waals surface area contributed by atoms with Gasteiger partial charge in [0.2, 0.25) is 0 Å². The Balaban J connectivity index is 1.96. The number of nitrogens with zero attached hydrogens (tertiary/aromatic N) is 3. The number of hydrogen-bond acceptors (Lipinski definition) is 4. The van der Waals surface area contributed by atoms with E-state index in [1.54, 1.807) is 6.07 Å². The van der Waals surface area contributed by atoms with Crippen molar-refractivity contribution >= 4 is 45.2 Å². The summed E-state index contributed by atoms with van der Waals surface area (Å²) in [6, 6.07) is 4.51. The number of carboxylic acid groups (broad SMARTS) is 1. The third-order valence-corrected chi connectivity index (χ3v) is 7.47. The van der Waals surface area contributed by atoms with Crippen LogP contribution in [0.2, 0.25) is 10.0 Å². The molecule has 16 heteroatoms. The zero-order valence-corrected chi connectivity index (χ0v) is 20.3. The standard InChI is InChI=1S/C21H13Cl2F7N4O2S/c22-12-6-10(37(26,27,28,29)30)7-13(23)18(12)34-19(32-9-11-14(24)2-1-3-15(11)25)17(16(8-31)33-34)21(4-5-21)20(35)36/h1-3,6-7,32H,4-5,9H2,(H,35,36). The van der Waals surface area contributed by atoms with Crippen LogP contribution in [-0.2, 0) is 16.8 Å². The van der Waals surface area contributed by atoms with Crippen LogP contribution in [0.3, 0.4) is 0 Å². The summed E-state index contributed by atoms with van der Waals surface area (Å²) in [4.78, 5) is 9.65. The summed E-state index contributed by atoms with van der Waals surface area (Å²) in [5.74, 6) is -3.69. The van der Waals surface area contributed by atoms with Crippen LogP contribution in [0.15, 0.2) is 35.2 Å². The van der Waals surface area contributed by atoms with E-state index >= 15 is 0 Å². The van der Waals surface area contributed by atoms with Crippen molar-refractivity contribution in [1.82, 2.24) is 9.78 Å². The first-order chi connectivity index (χ1) is 16.9. The number of carboxylic acids is 1. The molecule has 0 aliphatic heterocycles. The summed E-state index contributed by atoms with van der Waals surface area (Å²) in [7, 11) is -10.2. The van der Waals surface area contributed by atoms with Crippen LogP contribution in [-0.4, -0.2) is 20.9 Å². The molecule has 0 unspecified atom stereocenters. The molecule has 2 aromatic carbocycles. The summed E-state index contributed by atoms with van der Waals surface area (Å²) in [6.45, 7) is -0.628. The number of rotatable bonds is 7. The summed E-state index contributed by atoms with van der Waals surface area (Å²) < 4.78 is 95.8. The van der Waals surface area contributed by atoms with E-state index in [0.29, 0.717) is 4.68 Å². The quantitative estimate of drug-likeness (QED) is 0.276. The average molecular weight is 589 g/mol. The maximum Gasteiger partial charge on any atom is 0.314 e. The van der Waals surface area contributed by atoms with Gasteiger partial charge in [-0.3, -0.25) is 4.79 Å². The smallest absolute Gasteiger partial charge is 0.314 e. The predicted octanol–water partition coefficient (Wildman–Crippen LogP) is 7.71. The lowest BCUT2D eigenvalue weighted by molar-refractivity contribution is -0.140. The number of benzene rings is 2. The maximum atomic E-state index is 14.2. The molecule has 6 nitrogen and oxygen atoms in total. The van der Waals surface area contributed by atoms with Gasteiger partial charge in [-0.05, 0) is 37.1 Å². The van der Waals surface area contributed by atoms with Gasteiger partial charge in [-0.2, -0.15) is 10.4 Å². The molecule has 0 saturated heterocycles. The van der Waals surface area contributed by atoms with Gasteiger partial charge in [0.05, 0.1) is 21.0 Å². The Hall–Kier alpha value is -3.15. The fourth-order valence-electron chi connectivity index (χ4n) is 3.81. The molecule has 1 aliphatic carbocycles. The normalized spacial score (nSPS) is 16.4. The number of anilines is 1. The van der Waals surface area contributed by atoms with Gasteiger partial charge >= 0.3 is 16.2 Å². The van der Waals surface area contributed by atoms with Crippen LogP contribution >= 0.6 is 33.4 Å². The van der Waals surface area contributed by atoms with Crippen LogP contribution < -0.4 is 5.32 Å². The minimum absolute atomic E-state index is 0.0378. The van der Waals surface area contributed by atoms with Gasteiger partial charge in [0.15, 0.2) is 5.69 Å². The summed E-state index contributed by atoms with van der Waals surface area (Å²) in [5, 5.41) is 24.0. The van der Waals surface area contributed by atoms with Crippen molar-refractivity contribution in [3.63, 3.8) is 0 Å². The number of nitriles is 1. The number of aliphatic carboxylic acids is 1. The van der Waals surface area contributed by atoms with Gasteiger partial charge < -0.3 is 10.4 Å². The van der Waals surface area contributed by atoms with Crippen LogP contribution in [0.1, 0.15) is 29.7 Å². The molecule has 37 heavy (non-hydrogen) atoms. The van der Waals surface area contributed by atoms with Gasteiger partial charge in [-0.25, -0.2) is 13.5 Å². The molecule has 1 saturated carbocycles. The first-order valence-corrected chi connectivity index (χ1v) is 12.8. The lowest BCUT2D eigenvalue weighted by Gasteiger charge is -2.40. The van der Waals surface area contributed by atoms with Gasteiger partial charge in [-0.1, -0.05) is 48.7 Å². The molecule has 198 valence electrons. The third-order valence-electron chi connectivity index (χ3n) is 5.77. The molecular weight excluding hydrogens is 576 g/mol. The van der Waals surface area contributed by atoms with Crippen LogP contribution in [0.5, 0.6) is 0 Å². The third kappa shape index (κ3) is 4.78. The monoisotopic (exact) mass is 588 g/mol. The Labute approximate surface area is 213 Å². The second-order valence-corrected chi connectivity index (χ2v) is 11.5. The zero-order chi connectivity index (χ0) is 27.6. The molecule has 0 atom stereocenters. The molecule has 3 aromatic rings. The fraction of sp³-hybridized carbons (Fsp3) is 0.190. The molecule has 0 radical (unpaired) electrons. The van der Waals surface area contributed by atoms with E-state index in [-0.39, 0.29) is 36.4 Å². The van der Waals surface area contributed by atoms with Gasteiger partial charge in [0.1, 0.15) is 34.1 Å². The first-order valence-electron chi connectivity index (χ1n) is 10.1. The number of aromatic nitrogens is 2. The number of nitrogens with one attached hydrogen (secondary N) is 1. The van der Waals surface area contributed by atoms with E-state index in [1.165, 1.54) is 0 Å². The van der Waals surface area contributed by atoms with E-state index in [0.717, 1.165) is 18.2 Å². The van der Waals surface area contributed by atoms with Crippen molar-refractivity contribution in [2.45, 2.75) is 29.7 Å². The molecule has 0 bridgehead atoms. The average Bonchev–Trinajstić information content (AvgIpc) is 3.48. The van der Waals surface area contributed by atoms with Gasteiger partial charge in [0.25, 0.3) is 0 Å². The van der Waals surface area contributed by atoms with Crippen molar-refractivity contribution in [2.75, 3.05) is 5.32 Å². The highest BCUT2D eigenvalue weighted by molar-refractivity contribution is 8.45. The molecule has 2 N–H and O–H groups in total. The van der Waals surface area contributed by atoms with E-state index in [2.05, 4.69) is 10.4 Å².